The van der Waals surface area contributed by atoms with E-state index in [1.165, 1.54) is 6.92 Å². The minimum Gasteiger partial charge on any atom is -0.468 e. The third-order valence-electron chi connectivity index (χ3n) is 5.15. The summed E-state index contributed by atoms with van der Waals surface area (Å²) in [5.41, 5.74) is 0.763. The fraction of sp³-hybridized carbons (Fsp3) is 0.522. The van der Waals surface area contributed by atoms with Gasteiger partial charge in [0, 0.05) is 5.92 Å². The molecule has 0 aliphatic rings. The lowest BCUT2D eigenvalue weighted by Crippen LogP contribution is -2.57. The molecule has 188 valence electrons. The topological polar surface area (TPSA) is 146 Å². The Morgan fingerprint density at radius 1 is 0.765 bits per heavy atom. The fourth-order valence-electron chi connectivity index (χ4n) is 3.17. The quantitative estimate of drug-likeness (QED) is 0.271. The number of carbonyl (C=O) groups is 5. The van der Waals surface area contributed by atoms with Crippen LogP contribution in [0.15, 0.2) is 30.3 Å². The van der Waals surface area contributed by atoms with E-state index in [2.05, 4.69) is 20.1 Å². The molecule has 0 spiro atoms. The Morgan fingerprint density at radius 3 is 1.76 bits per heavy atom. The molecule has 0 aromatic heterocycles. The SMILES string of the molecule is COC(=O)C(C(=O)OC)[C@H](C)[C@@H](NC(=O)[C@H](NC(=O)OCc1ccccc1)C(C)C)C(=O)OC. The first-order valence-corrected chi connectivity index (χ1v) is 10.6. The van der Waals surface area contributed by atoms with Crippen molar-refractivity contribution in [2.24, 2.45) is 17.8 Å². The van der Waals surface area contributed by atoms with Gasteiger partial charge in [0.25, 0.3) is 0 Å². The van der Waals surface area contributed by atoms with Gasteiger partial charge in [-0.05, 0) is 11.5 Å². The molecule has 0 saturated heterocycles. The minimum absolute atomic E-state index is 0.000859. The molecule has 1 rings (SSSR count). The van der Waals surface area contributed by atoms with Crippen molar-refractivity contribution in [3.8, 4) is 0 Å². The number of hydrogen-bond acceptors (Lipinski definition) is 9. The number of benzene rings is 1. The van der Waals surface area contributed by atoms with E-state index in [9.17, 15) is 24.0 Å². The van der Waals surface area contributed by atoms with Crippen LogP contribution in [0, 0.1) is 17.8 Å². The van der Waals surface area contributed by atoms with Gasteiger partial charge in [0.2, 0.25) is 5.91 Å². The highest BCUT2D eigenvalue weighted by Crippen LogP contribution is 2.21. The van der Waals surface area contributed by atoms with Crippen LogP contribution in [-0.2, 0) is 44.7 Å². The molecule has 1 aromatic rings. The number of carbonyl (C=O) groups excluding carboxylic acids is 5. The highest BCUT2D eigenvalue weighted by molar-refractivity contribution is 5.97. The molecule has 2 N–H and O–H groups in total. The van der Waals surface area contributed by atoms with E-state index in [-0.39, 0.29) is 6.61 Å². The second kappa shape index (κ2) is 13.8. The van der Waals surface area contributed by atoms with Crippen LogP contribution in [0.3, 0.4) is 0 Å². The van der Waals surface area contributed by atoms with E-state index in [0.29, 0.717) is 0 Å². The third-order valence-corrected chi connectivity index (χ3v) is 5.15. The van der Waals surface area contributed by atoms with Gasteiger partial charge in [0.15, 0.2) is 5.92 Å². The van der Waals surface area contributed by atoms with Crippen LogP contribution >= 0.6 is 0 Å². The number of amides is 2. The van der Waals surface area contributed by atoms with E-state index in [1.807, 2.05) is 6.07 Å². The molecule has 0 heterocycles. The van der Waals surface area contributed by atoms with Gasteiger partial charge < -0.3 is 29.6 Å². The van der Waals surface area contributed by atoms with Crippen molar-refractivity contribution >= 4 is 29.9 Å². The average molecular weight is 481 g/mol. The molecule has 0 aliphatic heterocycles. The lowest BCUT2D eigenvalue weighted by Gasteiger charge is -2.29. The molecule has 1 aromatic carbocycles. The molecule has 2 amide bonds. The smallest absolute Gasteiger partial charge is 0.408 e. The molecular formula is C23H32N2O9. The maximum atomic E-state index is 13.0. The summed E-state index contributed by atoms with van der Waals surface area (Å²) < 4.78 is 19.2. The standard InChI is InChI=1S/C23H32N2O9/c1-13(2)17(25-23(30)34-12-15-10-8-7-9-11-15)19(26)24-18(22(29)33-6)14(3)16(20(27)31-4)21(28)32-5/h7-11,13-14,16-18H,12H2,1-6H3,(H,24,26)(H,25,30)/t14-,17+,18+/m0/s1. The molecule has 3 atom stereocenters. The summed E-state index contributed by atoms with van der Waals surface area (Å²) in [7, 11) is 3.26. The third kappa shape index (κ3) is 8.05. The first-order valence-electron chi connectivity index (χ1n) is 10.6. The minimum atomic E-state index is -1.50. The number of nitrogens with one attached hydrogen (secondary N) is 2. The average Bonchev–Trinajstić information content (AvgIpc) is 2.83. The van der Waals surface area contributed by atoms with Gasteiger partial charge >= 0.3 is 24.0 Å². The van der Waals surface area contributed by atoms with Gasteiger partial charge in [0.05, 0.1) is 21.3 Å². The zero-order chi connectivity index (χ0) is 25.8. The highest BCUT2D eigenvalue weighted by Gasteiger charge is 2.43. The van der Waals surface area contributed by atoms with Gasteiger partial charge in [0.1, 0.15) is 18.7 Å². The first-order chi connectivity index (χ1) is 16.1. The number of esters is 3. The van der Waals surface area contributed by atoms with Crippen molar-refractivity contribution in [1.82, 2.24) is 10.6 Å². The van der Waals surface area contributed by atoms with Crippen LogP contribution < -0.4 is 10.6 Å². The van der Waals surface area contributed by atoms with Crippen LogP contribution in [0.2, 0.25) is 0 Å². The van der Waals surface area contributed by atoms with Crippen molar-refractivity contribution < 1.29 is 42.9 Å². The Labute approximate surface area is 198 Å². The number of rotatable bonds is 11. The van der Waals surface area contributed by atoms with Crippen LogP contribution in [0.25, 0.3) is 0 Å². The van der Waals surface area contributed by atoms with Gasteiger partial charge in [-0.25, -0.2) is 9.59 Å². The fourth-order valence-corrected chi connectivity index (χ4v) is 3.17. The highest BCUT2D eigenvalue weighted by atomic mass is 16.6. The normalized spacial score (nSPS) is 13.3. The first kappa shape index (κ1) is 28.4. The summed E-state index contributed by atoms with van der Waals surface area (Å²) >= 11 is 0. The van der Waals surface area contributed by atoms with Crippen molar-refractivity contribution in [1.29, 1.82) is 0 Å². The summed E-state index contributed by atoms with van der Waals surface area (Å²) in [6, 6.07) is 6.48. The lowest BCUT2D eigenvalue weighted by molar-refractivity contribution is -0.163. The predicted molar refractivity (Wildman–Crippen MR) is 119 cm³/mol. The molecule has 11 heteroatoms. The Kier molecular flexibility index (Phi) is 11.5. The summed E-state index contributed by atoms with van der Waals surface area (Å²) in [5.74, 6) is -6.49. The zero-order valence-electron chi connectivity index (χ0n) is 20.2. The number of methoxy groups -OCH3 is 3. The zero-order valence-corrected chi connectivity index (χ0v) is 20.2. The summed E-state index contributed by atoms with van der Waals surface area (Å²) in [6.07, 6.45) is -0.831. The van der Waals surface area contributed by atoms with E-state index in [0.717, 1.165) is 26.9 Å². The molecule has 0 saturated carbocycles. The van der Waals surface area contributed by atoms with Gasteiger partial charge in [-0.3, -0.25) is 14.4 Å². The number of hydrogen-bond donors (Lipinski definition) is 2. The van der Waals surface area contributed by atoms with Crippen molar-refractivity contribution in [3.63, 3.8) is 0 Å². The van der Waals surface area contributed by atoms with Crippen LogP contribution in [0.5, 0.6) is 0 Å². The summed E-state index contributed by atoms with van der Waals surface area (Å²) in [5, 5.41) is 4.94. The van der Waals surface area contributed by atoms with E-state index >= 15 is 0 Å². The van der Waals surface area contributed by atoms with Crippen molar-refractivity contribution in [2.75, 3.05) is 21.3 Å². The molecular weight excluding hydrogens is 448 g/mol. The monoisotopic (exact) mass is 480 g/mol. The Morgan fingerprint density at radius 2 is 1.29 bits per heavy atom. The van der Waals surface area contributed by atoms with E-state index in [4.69, 9.17) is 9.47 Å². The molecule has 0 aliphatic carbocycles. The Hall–Kier alpha value is -3.63. The predicted octanol–water partition coefficient (Wildman–Crippen LogP) is 1.19. The summed E-state index contributed by atoms with van der Waals surface area (Å²) in [4.78, 5) is 62.1. The van der Waals surface area contributed by atoms with Crippen LogP contribution in [0.1, 0.15) is 26.3 Å². The second-order valence-electron chi connectivity index (χ2n) is 7.82. The second-order valence-corrected chi connectivity index (χ2v) is 7.82. The molecule has 11 nitrogen and oxygen atoms in total. The number of alkyl carbamates (subject to hydrolysis) is 1. The van der Waals surface area contributed by atoms with E-state index in [1.54, 1.807) is 38.1 Å². The maximum Gasteiger partial charge on any atom is 0.408 e. The largest absolute Gasteiger partial charge is 0.468 e. The molecule has 0 radical (unpaired) electrons. The lowest BCUT2D eigenvalue weighted by atomic mass is 9.86. The van der Waals surface area contributed by atoms with Gasteiger partial charge in [-0.2, -0.15) is 0 Å². The van der Waals surface area contributed by atoms with E-state index < -0.39 is 59.7 Å². The Bertz CT molecular complexity index is 841. The van der Waals surface area contributed by atoms with Crippen LogP contribution in [-0.4, -0.2) is 63.3 Å². The van der Waals surface area contributed by atoms with Gasteiger partial charge in [-0.1, -0.05) is 51.1 Å². The molecule has 34 heavy (non-hydrogen) atoms. The molecule has 0 fully saturated rings. The van der Waals surface area contributed by atoms with Gasteiger partial charge in [-0.15, -0.1) is 0 Å². The van der Waals surface area contributed by atoms with Crippen molar-refractivity contribution in [2.45, 2.75) is 39.5 Å². The summed E-state index contributed by atoms with van der Waals surface area (Å²) in [6.45, 7) is 4.77. The van der Waals surface area contributed by atoms with Crippen LogP contribution in [0.4, 0.5) is 4.79 Å². The maximum absolute atomic E-state index is 13.0. The Balaban J connectivity index is 3.00. The molecule has 0 unspecified atom stereocenters. The molecule has 0 bridgehead atoms. The number of ether oxygens (including phenoxy) is 4. The van der Waals surface area contributed by atoms with Crippen molar-refractivity contribution in [3.05, 3.63) is 35.9 Å².